The number of carbonyl (C=O) groups is 1. The quantitative estimate of drug-likeness (QED) is 0.122. The van der Waals surface area contributed by atoms with Crippen LogP contribution in [0.25, 0.3) is 0 Å². The number of carbonyl (C=O) groups excluding carboxylic acids is 1. The van der Waals surface area contributed by atoms with Crippen LogP contribution in [0.2, 0.25) is 0 Å². The van der Waals surface area contributed by atoms with E-state index in [1.165, 1.54) is 50.5 Å². The summed E-state index contributed by atoms with van der Waals surface area (Å²) in [6, 6.07) is -0.898. The smallest absolute Gasteiger partial charge is 0.323 e. The largest absolute Gasteiger partial charge is 0.457 e. The van der Waals surface area contributed by atoms with Gasteiger partial charge in [0.1, 0.15) is 11.6 Å². The first-order valence-electron chi connectivity index (χ1n) is 16.9. The maximum atomic E-state index is 13.2. The lowest BCUT2D eigenvalue weighted by atomic mass is 9.46. The van der Waals surface area contributed by atoms with Crippen molar-refractivity contribution in [1.82, 2.24) is 9.97 Å². The van der Waals surface area contributed by atoms with Crippen LogP contribution in [0.15, 0.2) is 24.2 Å². The Labute approximate surface area is 259 Å². The molecule has 0 saturated heterocycles. The molecule has 3 fully saturated rings. The number of allylic oxidation sites excluding steroid dienone is 1. The van der Waals surface area contributed by atoms with Crippen molar-refractivity contribution in [3.8, 4) is 0 Å². The van der Waals surface area contributed by atoms with Crippen LogP contribution in [0.5, 0.6) is 0 Å². The maximum absolute atomic E-state index is 13.2. The molecule has 0 spiro atoms. The zero-order valence-electron chi connectivity index (χ0n) is 27.2. The van der Waals surface area contributed by atoms with Gasteiger partial charge in [-0.25, -0.2) is 4.98 Å². The molecule has 242 valence electrons. The Kier molecular flexibility index (Phi) is 9.47. The predicted octanol–water partition coefficient (Wildman–Crippen LogP) is 6.75. The molecule has 3 saturated carbocycles. The summed E-state index contributed by atoms with van der Waals surface area (Å²) in [5.74, 6) is 3.85. The molecule has 8 nitrogen and oxygen atoms in total. The van der Waals surface area contributed by atoms with Gasteiger partial charge in [-0.1, -0.05) is 65.5 Å². The van der Waals surface area contributed by atoms with Crippen LogP contribution in [-0.2, 0) is 20.5 Å². The molecule has 10 atom stereocenters. The molecule has 6 N–H and O–H groups in total. The van der Waals surface area contributed by atoms with E-state index in [0.717, 1.165) is 42.2 Å². The van der Waals surface area contributed by atoms with E-state index in [2.05, 4.69) is 50.7 Å². The van der Waals surface area contributed by atoms with Crippen molar-refractivity contribution in [3.63, 3.8) is 0 Å². The normalized spacial score (nSPS) is 38.3. The summed E-state index contributed by atoms with van der Waals surface area (Å²) < 4.78 is 18.7. The number of hydrogen-bond donors (Lipinski definition) is 4. The summed E-state index contributed by atoms with van der Waals surface area (Å²) in [6.45, 7) is 12.2. The van der Waals surface area contributed by atoms with Gasteiger partial charge in [0, 0.05) is 24.7 Å². The number of esters is 1. The number of ether oxygens (including phenoxy) is 1. The number of nitrogens with two attached hydrogens (primary N) is 2. The highest BCUT2D eigenvalue weighted by Gasteiger charge is 2.61. The molecular formula is C34H57N4O4P. The molecule has 9 heteroatoms. The van der Waals surface area contributed by atoms with Crippen LogP contribution in [0, 0.1) is 46.3 Å². The van der Waals surface area contributed by atoms with Gasteiger partial charge in [0.15, 0.2) is 0 Å². The van der Waals surface area contributed by atoms with Gasteiger partial charge in [0.25, 0.3) is 7.52 Å². The van der Waals surface area contributed by atoms with Gasteiger partial charge in [-0.2, -0.15) is 0 Å². The summed E-state index contributed by atoms with van der Waals surface area (Å²) in [6.07, 6.45) is 17.7. The lowest BCUT2D eigenvalue weighted by Gasteiger charge is -2.59. The first-order valence-corrected chi connectivity index (χ1v) is 18.8. The molecule has 0 amide bonds. The molecule has 2 unspecified atom stereocenters. The molecule has 0 aliphatic heterocycles. The number of fused-ring (bicyclic) bond motifs is 5. The molecule has 1 aromatic rings. The van der Waals surface area contributed by atoms with Crippen molar-refractivity contribution in [2.45, 2.75) is 123 Å². The number of nitrogens with zero attached hydrogens (tertiary/aromatic N) is 1. The number of aromatic amines is 1. The van der Waals surface area contributed by atoms with Gasteiger partial charge in [-0.3, -0.25) is 14.9 Å². The molecule has 4 aliphatic rings. The molecule has 1 aromatic heterocycles. The van der Waals surface area contributed by atoms with Gasteiger partial charge < -0.3 is 20.3 Å². The van der Waals surface area contributed by atoms with Crippen LogP contribution in [0.3, 0.4) is 0 Å². The minimum absolute atomic E-state index is 0.00714. The Hall–Kier alpha value is -1.47. The fourth-order valence-electron chi connectivity index (χ4n) is 10.4. The Morgan fingerprint density at radius 1 is 1.16 bits per heavy atom. The molecule has 5 rings (SSSR count). The van der Waals surface area contributed by atoms with E-state index >= 15 is 0 Å². The summed E-state index contributed by atoms with van der Waals surface area (Å²) in [4.78, 5) is 30.5. The standard InChI is InChI=1S/C34H57N4O4P/c1-22(2)7-6-8-23(3)27-11-12-28-26-10-9-24-18-34(20-43(36,40)41,42-31(39)30(35)17-25-19-37-21-38-25)16-15-32(24,4)29(26)13-14-33(27,28)5/h9,19,21-23,26-30H,6-8,10-18,20,35H2,1-5H3,(H,37,38)(H3,36,40,41)/t23-,26+,27-,28+,29+,30+,32+,33-,34?/m1/s1. The second-order valence-corrected chi connectivity index (χ2v) is 17.7. The Morgan fingerprint density at radius 3 is 2.60 bits per heavy atom. The third-order valence-electron chi connectivity index (χ3n) is 12.6. The average molecular weight is 617 g/mol. The second-order valence-electron chi connectivity index (χ2n) is 15.9. The number of nitrogens with one attached hydrogen (secondary N) is 1. The van der Waals surface area contributed by atoms with Crippen molar-refractivity contribution in [2.24, 2.45) is 57.6 Å². The zero-order chi connectivity index (χ0) is 31.2. The molecule has 43 heavy (non-hydrogen) atoms. The van der Waals surface area contributed by atoms with Crippen molar-refractivity contribution in [2.75, 3.05) is 6.16 Å². The lowest BCUT2D eigenvalue weighted by Crippen LogP contribution is -2.54. The average Bonchev–Trinajstić information content (AvgIpc) is 3.55. The number of hydrogen-bond acceptors (Lipinski definition) is 5. The predicted molar refractivity (Wildman–Crippen MR) is 171 cm³/mol. The monoisotopic (exact) mass is 616 g/mol. The SMILES string of the molecule is CC(C)CCC[C@@H](C)[C@H]1CC[C@H]2[C@@H]3CC=C4CC(CP(N)(=O)O)(OC(=O)[C@@H](N)Cc5cnc[nH]5)CC[C@]4(C)[C@H]3CC[C@]12C. The number of imidazole rings is 1. The van der Waals surface area contributed by atoms with Crippen LogP contribution in [0.4, 0.5) is 0 Å². The lowest BCUT2D eigenvalue weighted by molar-refractivity contribution is -0.164. The van der Waals surface area contributed by atoms with E-state index in [4.69, 9.17) is 16.0 Å². The van der Waals surface area contributed by atoms with E-state index < -0.39 is 25.1 Å². The van der Waals surface area contributed by atoms with Crippen LogP contribution in [-0.4, -0.2) is 38.6 Å². The second kappa shape index (κ2) is 12.4. The summed E-state index contributed by atoms with van der Waals surface area (Å²) >= 11 is 0. The Balaban J connectivity index is 1.32. The van der Waals surface area contributed by atoms with Crippen LogP contribution < -0.4 is 11.2 Å². The van der Waals surface area contributed by atoms with Gasteiger partial charge in [-0.05, 0) is 91.3 Å². The fourth-order valence-corrected chi connectivity index (χ4v) is 11.6. The number of H-pyrrole nitrogens is 1. The number of rotatable bonds is 11. The van der Waals surface area contributed by atoms with E-state index in [1.54, 1.807) is 12.5 Å². The summed E-state index contributed by atoms with van der Waals surface area (Å²) in [5, 5.41) is 0. The first kappa shape index (κ1) is 32.9. The summed E-state index contributed by atoms with van der Waals surface area (Å²) in [7, 11) is -3.96. The maximum Gasteiger partial charge on any atom is 0.323 e. The van der Waals surface area contributed by atoms with Gasteiger partial charge in [0.2, 0.25) is 0 Å². The number of aromatic nitrogens is 2. The molecule has 0 bridgehead atoms. The van der Waals surface area contributed by atoms with E-state index in [9.17, 15) is 14.3 Å². The van der Waals surface area contributed by atoms with Gasteiger partial charge >= 0.3 is 5.97 Å². The first-order chi connectivity index (χ1) is 20.2. The molecule has 1 heterocycles. The van der Waals surface area contributed by atoms with Crippen LogP contribution >= 0.6 is 7.52 Å². The highest BCUT2D eigenvalue weighted by molar-refractivity contribution is 7.55. The van der Waals surface area contributed by atoms with E-state index in [-0.39, 0.29) is 18.0 Å². The highest BCUT2D eigenvalue weighted by atomic mass is 31.2. The Morgan fingerprint density at radius 2 is 1.93 bits per heavy atom. The fraction of sp³-hybridized carbons (Fsp3) is 0.824. The van der Waals surface area contributed by atoms with E-state index in [1.807, 2.05) is 0 Å². The van der Waals surface area contributed by atoms with Crippen molar-refractivity contribution in [1.29, 1.82) is 0 Å². The molecule has 0 aromatic carbocycles. The molecule has 4 aliphatic carbocycles. The van der Waals surface area contributed by atoms with Gasteiger partial charge in [-0.15, -0.1) is 0 Å². The Bertz CT molecular complexity index is 1210. The van der Waals surface area contributed by atoms with Crippen molar-refractivity contribution >= 4 is 13.5 Å². The minimum atomic E-state index is -3.96. The third kappa shape index (κ3) is 6.73. The molecule has 0 radical (unpaired) electrons. The summed E-state index contributed by atoms with van der Waals surface area (Å²) in [5.41, 5.74) is 13.3. The highest BCUT2D eigenvalue weighted by Crippen LogP contribution is 2.68. The van der Waals surface area contributed by atoms with Crippen LogP contribution in [0.1, 0.15) is 111 Å². The van der Waals surface area contributed by atoms with Gasteiger partial charge in [0.05, 0.1) is 12.5 Å². The molecular weight excluding hydrogens is 559 g/mol. The van der Waals surface area contributed by atoms with Crippen molar-refractivity contribution < 1.29 is 19.0 Å². The minimum Gasteiger partial charge on any atom is -0.457 e. The third-order valence-corrected chi connectivity index (χ3v) is 13.6. The topological polar surface area (TPSA) is 144 Å². The van der Waals surface area contributed by atoms with E-state index in [0.29, 0.717) is 30.1 Å². The van der Waals surface area contributed by atoms with Crippen molar-refractivity contribution in [3.05, 3.63) is 29.9 Å². The zero-order valence-corrected chi connectivity index (χ0v) is 28.1.